The van der Waals surface area contributed by atoms with Crippen molar-refractivity contribution < 1.29 is 9.59 Å². The number of carbonyl (C=O) groups excluding carboxylic acids is 2. The number of fused-ring (bicyclic) bond motifs is 1. The Morgan fingerprint density at radius 1 is 1.22 bits per heavy atom. The van der Waals surface area contributed by atoms with E-state index in [4.69, 9.17) is 0 Å². The van der Waals surface area contributed by atoms with Crippen molar-refractivity contribution in [1.29, 1.82) is 0 Å². The van der Waals surface area contributed by atoms with Gasteiger partial charge in [0.15, 0.2) is 0 Å². The van der Waals surface area contributed by atoms with Crippen molar-refractivity contribution in [1.82, 2.24) is 20.0 Å². The van der Waals surface area contributed by atoms with Gasteiger partial charge in [-0.15, -0.1) is 0 Å². The molecule has 1 N–H and O–H groups in total. The Morgan fingerprint density at radius 3 is 2.93 bits per heavy atom. The summed E-state index contributed by atoms with van der Waals surface area (Å²) in [6, 6.07) is 10.3. The minimum atomic E-state index is -0.0760. The highest BCUT2D eigenvalue weighted by Crippen LogP contribution is 2.24. The van der Waals surface area contributed by atoms with Crippen LogP contribution in [0.5, 0.6) is 0 Å². The van der Waals surface area contributed by atoms with Crippen molar-refractivity contribution in [2.45, 2.75) is 38.6 Å². The number of hydrogen-bond acceptors (Lipinski definition) is 3. The first kappa shape index (κ1) is 17.8. The smallest absolute Gasteiger partial charge is 0.227 e. The monoisotopic (exact) mass is 366 g/mol. The van der Waals surface area contributed by atoms with Gasteiger partial charge in [0.05, 0.1) is 12.1 Å². The van der Waals surface area contributed by atoms with Gasteiger partial charge in [-0.3, -0.25) is 14.7 Å². The Bertz CT molecular complexity index is 802. The van der Waals surface area contributed by atoms with Crippen LogP contribution < -0.4 is 0 Å². The van der Waals surface area contributed by atoms with E-state index in [1.54, 1.807) is 0 Å². The fraction of sp³-hybridized carbons (Fsp3) is 0.476. The van der Waals surface area contributed by atoms with E-state index in [2.05, 4.69) is 22.3 Å². The molecule has 0 aliphatic carbocycles. The maximum Gasteiger partial charge on any atom is 0.227 e. The van der Waals surface area contributed by atoms with Crippen LogP contribution in [0.2, 0.25) is 0 Å². The molecule has 2 aliphatic rings. The van der Waals surface area contributed by atoms with Crippen LogP contribution in [0.4, 0.5) is 0 Å². The molecular weight excluding hydrogens is 340 g/mol. The standard InChI is InChI=1S/C21H26N4O2/c26-20-9-8-17(14-24(20)11-4-7-16-5-2-1-3-6-16)21(27)25-12-10-19-18(15-25)13-22-23-19/h1-3,5-6,13,17H,4,7-12,14-15H2,(H,22,23)/t17-/m1/s1. The minimum absolute atomic E-state index is 0.0760. The summed E-state index contributed by atoms with van der Waals surface area (Å²) in [7, 11) is 0. The summed E-state index contributed by atoms with van der Waals surface area (Å²) in [6.07, 6.45) is 5.67. The molecule has 6 nitrogen and oxygen atoms in total. The summed E-state index contributed by atoms with van der Waals surface area (Å²) in [5.41, 5.74) is 3.54. The average Bonchev–Trinajstić information content (AvgIpc) is 3.17. The molecule has 0 unspecified atom stereocenters. The molecule has 142 valence electrons. The number of H-pyrrole nitrogens is 1. The maximum absolute atomic E-state index is 13.0. The normalized spacial score (nSPS) is 19.9. The van der Waals surface area contributed by atoms with Crippen LogP contribution in [0, 0.1) is 5.92 Å². The van der Waals surface area contributed by atoms with E-state index in [1.165, 1.54) is 5.56 Å². The molecule has 1 saturated heterocycles. The van der Waals surface area contributed by atoms with E-state index in [1.807, 2.05) is 34.2 Å². The number of amides is 2. The molecular formula is C21H26N4O2. The first-order valence-electron chi connectivity index (χ1n) is 9.82. The van der Waals surface area contributed by atoms with Crippen molar-refractivity contribution in [3.05, 3.63) is 53.3 Å². The third kappa shape index (κ3) is 4.04. The summed E-state index contributed by atoms with van der Waals surface area (Å²) in [6.45, 7) is 2.64. The largest absolute Gasteiger partial charge is 0.342 e. The first-order valence-corrected chi connectivity index (χ1v) is 9.82. The molecule has 2 aromatic rings. The molecule has 4 rings (SSSR count). The molecule has 0 saturated carbocycles. The summed E-state index contributed by atoms with van der Waals surface area (Å²) >= 11 is 0. The van der Waals surface area contributed by atoms with Gasteiger partial charge in [-0.2, -0.15) is 5.10 Å². The predicted molar refractivity (Wildman–Crippen MR) is 102 cm³/mol. The predicted octanol–water partition coefficient (Wildman–Crippen LogP) is 2.17. The van der Waals surface area contributed by atoms with Crippen LogP contribution in [-0.4, -0.2) is 51.4 Å². The van der Waals surface area contributed by atoms with Crippen molar-refractivity contribution >= 4 is 11.8 Å². The number of aromatic nitrogens is 2. The van der Waals surface area contributed by atoms with E-state index in [-0.39, 0.29) is 17.7 Å². The van der Waals surface area contributed by atoms with Gasteiger partial charge in [0.1, 0.15) is 0 Å². The van der Waals surface area contributed by atoms with Gasteiger partial charge in [0, 0.05) is 50.3 Å². The molecule has 2 amide bonds. The molecule has 27 heavy (non-hydrogen) atoms. The molecule has 1 atom stereocenters. The average molecular weight is 366 g/mol. The Hall–Kier alpha value is -2.63. The summed E-state index contributed by atoms with van der Waals surface area (Å²) in [5.74, 6) is 0.290. The van der Waals surface area contributed by atoms with Crippen LogP contribution in [0.3, 0.4) is 0 Å². The second-order valence-corrected chi connectivity index (χ2v) is 7.55. The van der Waals surface area contributed by atoms with Crippen LogP contribution in [0.25, 0.3) is 0 Å². The lowest BCUT2D eigenvalue weighted by atomic mass is 9.94. The van der Waals surface area contributed by atoms with Crippen LogP contribution in [0.15, 0.2) is 36.5 Å². The molecule has 0 spiro atoms. The Morgan fingerprint density at radius 2 is 2.07 bits per heavy atom. The van der Waals surface area contributed by atoms with Crippen molar-refractivity contribution in [3.8, 4) is 0 Å². The molecule has 2 aliphatic heterocycles. The highest BCUT2D eigenvalue weighted by atomic mass is 16.2. The quantitative estimate of drug-likeness (QED) is 0.882. The Labute approximate surface area is 159 Å². The number of piperidine rings is 1. The lowest BCUT2D eigenvalue weighted by Crippen LogP contribution is -2.48. The number of aromatic amines is 1. The van der Waals surface area contributed by atoms with E-state index in [0.29, 0.717) is 25.9 Å². The molecule has 1 aromatic carbocycles. The van der Waals surface area contributed by atoms with Crippen molar-refractivity contribution in [2.75, 3.05) is 19.6 Å². The van der Waals surface area contributed by atoms with E-state index in [0.717, 1.165) is 43.6 Å². The summed E-state index contributed by atoms with van der Waals surface area (Å²) in [4.78, 5) is 29.1. The van der Waals surface area contributed by atoms with Gasteiger partial charge >= 0.3 is 0 Å². The molecule has 1 fully saturated rings. The Balaban J connectivity index is 1.31. The number of nitrogens with zero attached hydrogens (tertiary/aromatic N) is 3. The lowest BCUT2D eigenvalue weighted by molar-refractivity contribution is -0.143. The zero-order valence-electron chi connectivity index (χ0n) is 15.6. The number of nitrogens with one attached hydrogen (secondary N) is 1. The number of hydrogen-bond donors (Lipinski definition) is 1. The van der Waals surface area contributed by atoms with Gasteiger partial charge in [0.25, 0.3) is 0 Å². The van der Waals surface area contributed by atoms with Gasteiger partial charge < -0.3 is 9.80 Å². The van der Waals surface area contributed by atoms with Gasteiger partial charge in [-0.05, 0) is 24.8 Å². The van der Waals surface area contributed by atoms with Gasteiger partial charge in [-0.1, -0.05) is 30.3 Å². The molecule has 6 heteroatoms. The number of aryl methyl sites for hydroxylation is 1. The molecule has 3 heterocycles. The molecule has 0 bridgehead atoms. The third-order valence-electron chi connectivity index (χ3n) is 5.70. The Kier molecular flexibility index (Phi) is 5.23. The second kappa shape index (κ2) is 7.94. The summed E-state index contributed by atoms with van der Waals surface area (Å²) in [5, 5.41) is 7.08. The van der Waals surface area contributed by atoms with Crippen LogP contribution >= 0.6 is 0 Å². The number of rotatable bonds is 5. The highest BCUT2D eigenvalue weighted by molar-refractivity contribution is 5.84. The van der Waals surface area contributed by atoms with Crippen LogP contribution in [-0.2, 0) is 29.0 Å². The first-order chi connectivity index (χ1) is 13.2. The fourth-order valence-electron chi connectivity index (χ4n) is 4.12. The molecule has 0 radical (unpaired) electrons. The van der Waals surface area contributed by atoms with E-state index >= 15 is 0 Å². The van der Waals surface area contributed by atoms with E-state index in [9.17, 15) is 9.59 Å². The van der Waals surface area contributed by atoms with Crippen LogP contribution in [0.1, 0.15) is 36.1 Å². The number of benzene rings is 1. The topological polar surface area (TPSA) is 69.3 Å². The summed E-state index contributed by atoms with van der Waals surface area (Å²) < 4.78 is 0. The van der Waals surface area contributed by atoms with Gasteiger partial charge in [-0.25, -0.2) is 0 Å². The zero-order chi connectivity index (χ0) is 18.6. The number of likely N-dealkylation sites (tertiary alicyclic amines) is 1. The third-order valence-corrected chi connectivity index (χ3v) is 5.70. The lowest BCUT2D eigenvalue weighted by Gasteiger charge is -2.36. The molecule has 1 aromatic heterocycles. The van der Waals surface area contributed by atoms with Gasteiger partial charge in [0.2, 0.25) is 11.8 Å². The zero-order valence-corrected chi connectivity index (χ0v) is 15.6. The van der Waals surface area contributed by atoms with Crippen molar-refractivity contribution in [3.63, 3.8) is 0 Å². The fourth-order valence-corrected chi connectivity index (χ4v) is 4.12. The van der Waals surface area contributed by atoms with Crippen molar-refractivity contribution in [2.24, 2.45) is 5.92 Å². The highest BCUT2D eigenvalue weighted by Gasteiger charge is 2.33. The second-order valence-electron chi connectivity index (χ2n) is 7.55. The minimum Gasteiger partial charge on any atom is -0.342 e. The maximum atomic E-state index is 13.0. The number of carbonyl (C=O) groups is 2. The SMILES string of the molecule is O=C1CC[C@@H](C(=O)N2CCc3[nH]ncc3C2)CN1CCCc1ccccc1. The van der Waals surface area contributed by atoms with E-state index < -0.39 is 0 Å².